The van der Waals surface area contributed by atoms with Gasteiger partial charge in [0.05, 0.1) is 0 Å². The molecular formula is C16H16N2O2. The molecule has 1 N–H and O–H groups in total. The lowest BCUT2D eigenvalue weighted by molar-refractivity contribution is -0.134. The van der Waals surface area contributed by atoms with Crippen LogP contribution in [0.4, 0.5) is 11.4 Å². The second-order valence-electron chi connectivity index (χ2n) is 4.47. The SMILES string of the molecule is Cc1ccccc1NC(=O)C(=O)N(C)c1ccccc1. The van der Waals surface area contributed by atoms with Crippen molar-refractivity contribution in [1.29, 1.82) is 0 Å². The second kappa shape index (κ2) is 6.02. The van der Waals surface area contributed by atoms with Gasteiger partial charge in [0.2, 0.25) is 0 Å². The number of rotatable bonds is 2. The fraction of sp³-hybridized carbons (Fsp3) is 0.125. The van der Waals surface area contributed by atoms with E-state index in [2.05, 4.69) is 5.32 Å². The van der Waals surface area contributed by atoms with Crippen molar-refractivity contribution in [3.63, 3.8) is 0 Å². The average Bonchev–Trinajstić information content (AvgIpc) is 2.49. The minimum atomic E-state index is -0.648. The number of carbonyl (C=O) groups is 2. The van der Waals surface area contributed by atoms with Gasteiger partial charge >= 0.3 is 11.8 Å². The Hall–Kier alpha value is -2.62. The number of likely N-dealkylation sites (N-methyl/N-ethyl adjacent to an activating group) is 1. The summed E-state index contributed by atoms with van der Waals surface area (Å²) in [6, 6.07) is 16.4. The average molecular weight is 268 g/mol. The molecule has 2 aromatic rings. The van der Waals surface area contributed by atoms with Gasteiger partial charge in [0, 0.05) is 18.4 Å². The quantitative estimate of drug-likeness (QED) is 0.851. The number of anilines is 2. The second-order valence-corrected chi connectivity index (χ2v) is 4.47. The Balaban J connectivity index is 2.10. The maximum atomic E-state index is 12.1. The molecule has 0 aliphatic heterocycles. The molecule has 0 bridgehead atoms. The molecule has 0 heterocycles. The summed E-state index contributed by atoms with van der Waals surface area (Å²) in [6.07, 6.45) is 0. The van der Waals surface area contributed by atoms with Crippen LogP contribution in [0.3, 0.4) is 0 Å². The van der Waals surface area contributed by atoms with Crippen molar-refractivity contribution in [2.75, 3.05) is 17.3 Å². The number of nitrogens with zero attached hydrogens (tertiary/aromatic N) is 1. The summed E-state index contributed by atoms with van der Waals surface area (Å²) in [4.78, 5) is 25.4. The van der Waals surface area contributed by atoms with Gasteiger partial charge in [0.15, 0.2) is 0 Å². The smallest absolute Gasteiger partial charge is 0.316 e. The first kappa shape index (κ1) is 13.8. The number of para-hydroxylation sites is 2. The highest BCUT2D eigenvalue weighted by Crippen LogP contribution is 2.15. The van der Waals surface area contributed by atoms with E-state index in [0.29, 0.717) is 11.4 Å². The molecule has 0 unspecified atom stereocenters. The van der Waals surface area contributed by atoms with Gasteiger partial charge in [-0.1, -0.05) is 36.4 Å². The van der Waals surface area contributed by atoms with Gasteiger partial charge in [0.1, 0.15) is 0 Å². The molecule has 0 saturated heterocycles. The maximum absolute atomic E-state index is 12.1. The third kappa shape index (κ3) is 3.03. The zero-order valence-corrected chi connectivity index (χ0v) is 11.5. The van der Waals surface area contributed by atoms with Crippen LogP contribution in [-0.2, 0) is 9.59 Å². The Bertz CT molecular complexity index is 623. The lowest BCUT2D eigenvalue weighted by Crippen LogP contribution is -2.37. The summed E-state index contributed by atoms with van der Waals surface area (Å²) in [7, 11) is 1.58. The number of aryl methyl sites for hydroxylation is 1. The van der Waals surface area contributed by atoms with Crippen LogP contribution in [0.25, 0.3) is 0 Å². The molecule has 102 valence electrons. The van der Waals surface area contributed by atoms with Crippen LogP contribution in [0, 0.1) is 6.92 Å². The van der Waals surface area contributed by atoms with E-state index >= 15 is 0 Å². The van der Waals surface area contributed by atoms with Crippen molar-refractivity contribution < 1.29 is 9.59 Å². The van der Waals surface area contributed by atoms with Gasteiger partial charge in [-0.3, -0.25) is 9.59 Å². The third-order valence-corrected chi connectivity index (χ3v) is 3.04. The fourth-order valence-electron chi connectivity index (χ4n) is 1.81. The van der Waals surface area contributed by atoms with Crippen LogP contribution >= 0.6 is 0 Å². The zero-order chi connectivity index (χ0) is 14.5. The standard InChI is InChI=1S/C16H16N2O2/c1-12-8-6-7-11-14(12)17-15(19)16(20)18(2)13-9-4-3-5-10-13/h3-11H,1-2H3,(H,17,19). The van der Waals surface area contributed by atoms with Gasteiger partial charge < -0.3 is 10.2 Å². The van der Waals surface area contributed by atoms with Crippen molar-refractivity contribution in [3.8, 4) is 0 Å². The van der Waals surface area contributed by atoms with E-state index < -0.39 is 11.8 Å². The van der Waals surface area contributed by atoms with E-state index in [9.17, 15) is 9.59 Å². The van der Waals surface area contributed by atoms with Crippen LogP contribution < -0.4 is 10.2 Å². The summed E-state index contributed by atoms with van der Waals surface area (Å²) in [5.41, 5.74) is 2.24. The molecular weight excluding hydrogens is 252 g/mol. The van der Waals surface area contributed by atoms with E-state index in [4.69, 9.17) is 0 Å². The topological polar surface area (TPSA) is 49.4 Å². The molecule has 2 aromatic carbocycles. The number of nitrogens with one attached hydrogen (secondary N) is 1. The fourth-order valence-corrected chi connectivity index (χ4v) is 1.81. The molecule has 0 aliphatic rings. The molecule has 0 aliphatic carbocycles. The molecule has 0 spiro atoms. The summed E-state index contributed by atoms with van der Waals surface area (Å²) in [5, 5.41) is 2.63. The first-order chi connectivity index (χ1) is 9.59. The summed E-state index contributed by atoms with van der Waals surface area (Å²) >= 11 is 0. The Kier molecular flexibility index (Phi) is 4.15. The summed E-state index contributed by atoms with van der Waals surface area (Å²) < 4.78 is 0. The Labute approximate surface area is 118 Å². The maximum Gasteiger partial charge on any atom is 0.316 e. The Morgan fingerprint density at radius 1 is 0.950 bits per heavy atom. The zero-order valence-electron chi connectivity index (χ0n) is 11.5. The Morgan fingerprint density at radius 3 is 2.20 bits per heavy atom. The molecule has 0 saturated carbocycles. The molecule has 0 fully saturated rings. The van der Waals surface area contributed by atoms with Gasteiger partial charge in [-0.25, -0.2) is 0 Å². The number of carbonyl (C=O) groups excluding carboxylic acids is 2. The van der Waals surface area contributed by atoms with Crippen molar-refractivity contribution in [3.05, 3.63) is 60.2 Å². The molecule has 20 heavy (non-hydrogen) atoms. The molecule has 2 amide bonds. The van der Waals surface area contributed by atoms with Crippen molar-refractivity contribution >= 4 is 23.2 Å². The minimum Gasteiger partial charge on any atom is -0.318 e. The van der Waals surface area contributed by atoms with E-state index in [0.717, 1.165) is 5.56 Å². The van der Waals surface area contributed by atoms with Crippen molar-refractivity contribution in [1.82, 2.24) is 0 Å². The van der Waals surface area contributed by atoms with Crippen molar-refractivity contribution in [2.45, 2.75) is 6.92 Å². The Morgan fingerprint density at radius 2 is 1.55 bits per heavy atom. The van der Waals surface area contributed by atoms with Crippen LogP contribution in [-0.4, -0.2) is 18.9 Å². The normalized spacial score (nSPS) is 9.90. The van der Waals surface area contributed by atoms with Crippen LogP contribution in [0.1, 0.15) is 5.56 Å². The summed E-state index contributed by atoms with van der Waals surface area (Å²) in [6.45, 7) is 1.88. The molecule has 0 aromatic heterocycles. The highest BCUT2D eigenvalue weighted by atomic mass is 16.2. The van der Waals surface area contributed by atoms with Crippen LogP contribution in [0.15, 0.2) is 54.6 Å². The first-order valence-electron chi connectivity index (χ1n) is 6.29. The monoisotopic (exact) mass is 268 g/mol. The van der Waals surface area contributed by atoms with Gasteiger partial charge in [-0.05, 0) is 30.7 Å². The largest absolute Gasteiger partial charge is 0.318 e. The number of amides is 2. The van der Waals surface area contributed by atoms with Gasteiger partial charge in [-0.15, -0.1) is 0 Å². The number of hydrogen-bond acceptors (Lipinski definition) is 2. The van der Waals surface area contributed by atoms with E-state index in [-0.39, 0.29) is 0 Å². The van der Waals surface area contributed by atoms with Gasteiger partial charge in [0.25, 0.3) is 0 Å². The van der Waals surface area contributed by atoms with Crippen LogP contribution in [0.2, 0.25) is 0 Å². The molecule has 4 heteroatoms. The molecule has 0 radical (unpaired) electrons. The van der Waals surface area contributed by atoms with E-state index in [1.807, 2.05) is 43.3 Å². The van der Waals surface area contributed by atoms with Crippen molar-refractivity contribution in [2.24, 2.45) is 0 Å². The van der Waals surface area contributed by atoms with Gasteiger partial charge in [-0.2, -0.15) is 0 Å². The number of benzene rings is 2. The first-order valence-corrected chi connectivity index (χ1v) is 6.29. The lowest BCUT2D eigenvalue weighted by Gasteiger charge is -2.17. The predicted octanol–water partition coefficient (Wildman–Crippen LogP) is 2.60. The predicted molar refractivity (Wildman–Crippen MR) is 79.7 cm³/mol. The summed E-state index contributed by atoms with van der Waals surface area (Å²) in [5.74, 6) is -1.25. The molecule has 0 atom stereocenters. The third-order valence-electron chi connectivity index (χ3n) is 3.04. The number of hydrogen-bond donors (Lipinski definition) is 1. The van der Waals surface area contributed by atoms with E-state index in [1.165, 1.54) is 4.90 Å². The minimum absolute atomic E-state index is 0.598. The highest BCUT2D eigenvalue weighted by Gasteiger charge is 2.20. The lowest BCUT2D eigenvalue weighted by atomic mass is 10.2. The molecule has 2 rings (SSSR count). The highest BCUT2D eigenvalue weighted by molar-refractivity contribution is 6.44. The molecule has 4 nitrogen and oxygen atoms in total. The van der Waals surface area contributed by atoms with E-state index in [1.54, 1.807) is 25.2 Å². The van der Waals surface area contributed by atoms with Crippen LogP contribution in [0.5, 0.6) is 0 Å².